The van der Waals surface area contributed by atoms with E-state index in [-0.39, 0.29) is 0 Å². The highest BCUT2D eigenvalue weighted by molar-refractivity contribution is 5.59. The van der Waals surface area contributed by atoms with Crippen LogP contribution in [0, 0.1) is 5.92 Å². The van der Waals surface area contributed by atoms with E-state index in [1.807, 2.05) is 6.20 Å². The molecule has 7 nitrogen and oxygen atoms in total. The van der Waals surface area contributed by atoms with E-state index in [1.54, 1.807) is 4.52 Å². The fourth-order valence-corrected chi connectivity index (χ4v) is 4.84. The van der Waals surface area contributed by atoms with Gasteiger partial charge in [-0.25, -0.2) is 9.50 Å². The molecule has 0 radical (unpaired) electrons. The highest BCUT2D eigenvalue weighted by atomic mass is 16.5. The molecule has 2 fully saturated rings. The second kappa shape index (κ2) is 8.22. The first-order valence-corrected chi connectivity index (χ1v) is 11.1. The van der Waals surface area contributed by atoms with E-state index in [1.165, 1.54) is 36.9 Å². The maximum Gasteiger partial charge on any atom is 0.336 e. The van der Waals surface area contributed by atoms with Crippen molar-refractivity contribution >= 4 is 11.5 Å². The van der Waals surface area contributed by atoms with Crippen molar-refractivity contribution in [1.29, 1.82) is 0 Å². The summed E-state index contributed by atoms with van der Waals surface area (Å²) in [6, 6.07) is 10.1. The number of rotatable bonds is 8. The molecule has 30 heavy (non-hydrogen) atoms. The third kappa shape index (κ3) is 3.86. The van der Waals surface area contributed by atoms with Crippen molar-refractivity contribution in [1.82, 2.24) is 24.5 Å². The summed E-state index contributed by atoms with van der Waals surface area (Å²) in [4.78, 5) is 11.3. The van der Waals surface area contributed by atoms with Gasteiger partial charge in [0.1, 0.15) is 0 Å². The van der Waals surface area contributed by atoms with Crippen LogP contribution in [0.15, 0.2) is 30.5 Å². The number of imidazole rings is 1. The molecule has 2 aliphatic rings. The Morgan fingerprint density at radius 1 is 1.17 bits per heavy atom. The van der Waals surface area contributed by atoms with Gasteiger partial charge < -0.3 is 10.5 Å². The summed E-state index contributed by atoms with van der Waals surface area (Å²) < 4.78 is 7.42. The maximum absolute atomic E-state index is 6.07. The molecule has 1 aliphatic heterocycles. The molecule has 0 amide bonds. The molecule has 1 aromatic carbocycles. The molecule has 0 spiro atoms. The van der Waals surface area contributed by atoms with Crippen LogP contribution in [0.3, 0.4) is 0 Å². The second-order valence-corrected chi connectivity index (χ2v) is 8.72. The molecule has 2 N–H and O–H groups in total. The monoisotopic (exact) mass is 406 g/mol. The molecule has 0 unspecified atom stereocenters. The quantitative estimate of drug-likeness (QED) is 0.577. The van der Waals surface area contributed by atoms with Crippen LogP contribution < -0.4 is 10.5 Å². The van der Waals surface area contributed by atoms with Crippen LogP contribution in [0.4, 0.5) is 5.82 Å². The SMILES string of the molecule is CCCCOc1nc(N)c2ncc(Cc3ccc(CN4C[C@H]5CC[C@@H]4C5)cc3)n2n1. The first kappa shape index (κ1) is 19.3. The smallest absolute Gasteiger partial charge is 0.336 e. The van der Waals surface area contributed by atoms with Crippen LogP contribution in [-0.2, 0) is 13.0 Å². The predicted molar refractivity (Wildman–Crippen MR) is 116 cm³/mol. The third-order valence-electron chi connectivity index (χ3n) is 6.48. The van der Waals surface area contributed by atoms with Crippen molar-refractivity contribution in [3.05, 3.63) is 47.3 Å². The molecule has 7 heteroatoms. The van der Waals surface area contributed by atoms with Gasteiger partial charge in [0.05, 0.1) is 18.5 Å². The van der Waals surface area contributed by atoms with Crippen molar-refractivity contribution in [2.75, 3.05) is 18.9 Å². The van der Waals surface area contributed by atoms with Gasteiger partial charge in [-0.15, -0.1) is 5.10 Å². The molecule has 5 rings (SSSR count). The minimum Gasteiger partial charge on any atom is -0.462 e. The van der Waals surface area contributed by atoms with Gasteiger partial charge in [-0.05, 0) is 42.7 Å². The first-order chi connectivity index (χ1) is 14.7. The summed E-state index contributed by atoms with van der Waals surface area (Å²) >= 11 is 0. The second-order valence-electron chi connectivity index (χ2n) is 8.72. The molecule has 2 bridgehead atoms. The van der Waals surface area contributed by atoms with Crippen LogP contribution in [0.25, 0.3) is 5.65 Å². The number of anilines is 1. The summed E-state index contributed by atoms with van der Waals surface area (Å²) in [5.41, 5.74) is 10.2. The maximum atomic E-state index is 6.07. The average Bonchev–Trinajstić information content (AvgIpc) is 3.46. The Hall–Kier alpha value is -2.67. The average molecular weight is 407 g/mol. The van der Waals surface area contributed by atoms with E-state index in [4.69, 9.17) is 10.5 Å². The summed E-state index contributed by atoms with van der Waals surface area (Å²) in [7, 11) is 0. The minimum atomic E-state index is 0.308. The molecular formula is C23H30N6O. The van der Waals surface area contributed by atoms with E-state index in [9.17, 15) is 0 Å². The lowest BCUT2D eigenvalue weighted by Gasteiger charge is -2.26. The van der Waals surface area contributed by atoms with Gasteiger partial charge in [-0.2, -0.15) is 4.98 Å². The van der Waals surface area contributed by atoms with Crippen molar-refractivity contribution in [3.63, 3.8) is 0 Å². The number of hydrogen-bond donors (Lipinski definition) is 1. The third-order valence-corrected chi connectivity index (χ3v) is 6.48. The Balaban J connectivity index is 1.29. The minimum absolute atomic E-state index is 0.308. The number of piperidine rings is 1. The van der Waals surface area contributed by atoms with Crippen LogP contribution >= 0.6 is 0 Å². The van der Waals surface area contributed by atoms with Crippen molar-refractivity contribution in [3.8, 4) is 6.01 Å². The number of aromatic nitrogens is 4. The zero-order valence-electron chi connectivity index (χ0n) is 17.6. The topological polar surface area (TPSA) is 81.6 Å². The standard InChI is InChI=1S/C23H30N6O/c1-2-3-10-30-23-26-21(24)22-25-13-20(29(22)27-23)11-16-4-6-17(7-5-16)14-28-15-18-8-9-19(28)12-18/h4-7,13,18-19H,2-3,8-12,14-15H2,1H3,(H2,24,26,27)/t18-,19+/m0/s1. The fourth-order valence-electron chi connectivity index (χ4n) is 4.84. The zero-order valence-corrected chi connectivity index (χ0v) is 17.6. The number of likely N-dealkylation sites (tertiary alicyclic amines) is 1. The first-order valence-electron chi connectivity index (χ1n) is 11.1. The van der Waals surface area contributed by atoms with E-state index >= 15 is 0 Å². The van der Waals surface area contributed by atoms with Gasteiger partial charge in [0.25, 0.3) is 0 Å². The van der Waals surface area contributed by atoms with Gasteiger partial charge in [-0.1, -0.05) is 37.6 Å². The van der Waals surface area contributed by atoms with Crippen LogP contribution in [-0.4, -0.2) is 43.7 Å². The number of nitrogens with zero attached hydrogens (tertiary/aromatic N) is 5. The summed E-state index contributed by atoms with van der Waals surface area (Å²) in [5, 5.41) is 4.51. The van der Waals surface area contributed by atoms with Crippen LogP contribution in [0.1, 0.15) is 55.8 Å². The molecule has 1 saturated heterocycles. The van der Waals surface area contributed by atoms with Crippen molar-refractivity contribution < 1.29 is 4.74 Å². The highest BCUT2D eigenvalue weighted by Gasteiger charge is 2.37. The number of ether oxygens (including phenoxy) is 1. The number of nitrogens with two attached hydrogens (primary N) is 1. The zero-order chi connectivity index (χ0) is 20.5. The molecule has 1 saturated carbocycles. The van der Waals surface area contributed by atoms with Gasteiger partial charge in [0.2, 0.25) is 0 Å². The number of nitrogen functional groups attached to an aromatic ring is 1. The van der Waals surface area contributed by atoms with Crippen molar-refractivity contribution in [2.24, 2.45) is 5.92 Å². The number of benzene rings is 1. The lowest BCUT2D eigenvalue weighted by molar-refractivity contribution is 0.205. The molecule has 1 aliphatic carbocycles. The van der Waals surface area contributed by atoms with Crippen LogP contribution in [0.2, 0.25) is 0 Å². The number of unbranched alkanes of at least 4 members (excludes halogenated alkanes) is 1. The molecule has 3 aromatic rings. The van der Waals surface area contributed by atoms with E-state index in [0.29, 0.717) is 24.1 Å². The Labute approximate surface area is 177 Å². The molecule has 3 heterocycles. The number of fused-ring (bicyclic) bond motifs is 3. The van der Waals surface area contributed by atoms with E-state index in [2.05, 4.69) is 51.2 Å². The van der Waals surface area contributed by atoms with Crippen molar-refractivity contribution in [2.45, 2.75) is 58.0 Å². The normalized spacial score (nSPS) is 21.0. The van der Waals surface area contributed by atoms with Gasteiger partial charge in [-0.3, -0.25) is 4.90 Å². The van der Waals surface area contributed by atoms with Gasteiger partial charge >= 0.3 is 6.01 Å². The fraction of sp³-hybridized carbons (Fsp3) is 0.522. The molecule has 158 valence electrons. The molecular weight excluding hydrogens is 376 g/mol. The Bertz CT molecular complexity index is 1010. The lowest BCUT2D eigenvalue weighted by atomic mass is 10.1. The van der Waals surface area contributed by atoms with Gasteiger partial charge in [0, 0.05) is 25.6 Å². The lowest BCUT2D eigenvalue weighted by Crippen LogP contribution is -2.31. The number of hydrogen-bond acceptors (Lipinski definition) is 6. The summed E-state index contributed by atoms with van der Waals surface area (Å²) in [6.45, 7) is 5.05. The van der Waals surface area contributed by atoms with Crippen LogP contribution in [0.5, 0.6) is 6.01 Å². The van der Waals surface area contributed by atoms with Gasteiger partial charge in [0.15, 0.2) is 11.5 Å². The Kier molecular flexibility index (Phi) is 5.29. The largest absolute Gasteiger partial charge is 0.462 e. The predicted octanol–water partition coefficient (Wildman–Crippen LogP) is 3.46. The summed E-state index contributed by atoms with van der Waals surface area (Å²) in [5.74, 6) is 1.28. The van der Waals surface area contributed by atoms with E-state index in [0.717, 1.165) is 43.5 Å². The van der Waals surface area contributed by atoms with E-state index < -0.39 is 0 Å². The Morgan fingerprint density at radius 3 is 2.73 bits per heavy atom. The Morgan fingerprint density at radius 2 is 2.00 bits per heavy atom. The summed E-state index contributed by atoms with van der Waals surface area (Å²) in [6.07, 6.45) is 8.80. The molecule has 2 aromatic heterocycles. The molecule has 2 atom stereocenters. The highest BCUT2D eigenvalue weighted by Crippen LogP contribution is 2.38.